The molecule has 2 rings (SSSR count). The first-order valence-electron chi connectivity index (χ1n) is 4.47. The third kappa shape index (κ3) is 2.57. The lowest BCUT2D eigenvalue weighted by Crippen LogP contribution is -2.25. The Bertz CT molecular complexity index is 298. The van der Waals surface area contributed by atoms with Crippen molar-refractivity contribution >= 4 is 22.6 Å². The van der Waals surface area contributed by atoms with E-state index in [9.17, 15) is 0 Å². The SMILES string of the molecule is Ic1ccc(CNC2CC=CC2)o1. The molecule has 1 aliphatic carbocycles. The van der Waals surface area contributed by atoms with Crippen LogP contribution in [-0.2, 0) is 6.54 Å². The topological polar surface area (TPSA) is 25.2 Å². The van der Waals surface area contributed by atoms with Gasteiger partial charge in [0, 0.05) is 6.04 Å². The van der Waals surface area contributed by atoms with Crippen LogP contribution < -0.4 is 5.32 Å². The highest BCUT2D eigenvalue weighted by molar-refractivity contribution is 14.1. The van der Waals surface area contributed by atoms with Crippen LogP contribution >= 0.6 is 22.6 Å². The molecule has 0 unspecified atom stereocenters. The van der Waals surface area contributed by atoms with Gasteiger partial charge in [-0.15, -0.1) is 0 Å². The minimum atomic E-state index is 0.614. The van der Waals surface area contributed by atoms with Gasteiger partial charge in [0.15, 0.2) is 3.77 Å². The van der Waals surface area contributed by atoms with E-state index in [1.54, 1.807) is 0 Å². The fourth-order valence-electron chi connectivity index (χ4n) is 1.48. The molecule has 0 saturated heterocycles. The molecule has 0 spiro atoms. The van der Waals surface area contributed by atoms with Crippen LogP contribution in [0.5, 0.6) is 0 Å². The molecule has 1 heterocycles. The molecule has 1 aliphatic rings. The first-order chi connectivity index (χ1) is 6.34. The minimum absolute atomic E-state index is 0.614. The lowest BCUT2D eigenvalue weighted by molar-refractivity contribution is 0.437. The molecule has 0 fully saturated rings. The van der Waals surface area contributed by atoms with E-state index < -0.39 is 0 Å². The molecule has 0 bridgehead atoms. The van der Waals surface area contributed by atoms with E-state index in [1.807, 2.05) is 12.1 Å². The molecule has 0 amide bonds. The average Bonchev–Trinajstić information content (AvgIpc) is 2.71. The van der Waals surface area contributed by atoms with Gasteiger partial charge in [-0.1, -0.05) is 12.2 Å². The first kappa shape index (κ1) is 9.27. The van der Waals surface area contributed by atoms with Crippen LogP contribution in [0.25, 0.3) is 0 Å². The van der Waals surface area contributed by atoms with E-state index in [1.165, 1.54) is 0 Å². The van der Waals surface area contributed by atoms with Crippen molar-refractivity contribution in [2.75, 3.05) is 0 Å². The van der Waals surface area contributed by atoms with Crippen LogP contribution in [0.1, 0.15) is 18.6 Å². The minimum Gasteiger partial charge on any atom is -0.454 e. The Morgan fingerprint density at radius 3 is 2.77 bits per heavy atom. The van der Waals surface area contributed by atoms with Gasteiger partial charge in [-0.05, 0) is 47.6 Å². The number of furan rings is 1. The van der Waals surface area contributed by atoms with E-state index in [0.29, 0.717) is 6.04 Å². The Hall–Kier alpha value is -0.290. The van der Waals surface area contributed by atoms with Gasteiger partial charge in [-0.25, -0.2) is 0 Å². The fourth-order valence-corrected chi connectivity index (χ4v) is 1.94. The molecular formula is C10H12INO. The molecule has 70 valence electrons. The number of halogens is 1. The second-order valence-corrected chi connectivity index (χ2v) is 4.29. The van der Waals surface area contributed by atoms with E-state index in [-0.39, 0.29) is 0 Å². The van der Waals surface area contributed by atoms with Crippen molar-refractivity contribution < 1.29 is 4.42 Å². The Morgan fingerprint density at radius 2 is 2.15 bits per heavy atom. The fraction of sp³-hybridized carbons (Fsp3) is 0.400. The van der Waals surface area contributed by atoms with Crippen molar-refractivity contribution in [2.24, 2.45) is 0 Å². The summed E-state index contributed by atoms with van der Waals surface area (Å²) in [6, 6.07) is 4.63. The molecule has 0 saturated carbocycles. The van der Waals surface area contributed by atoms with Gasteiger partial charge < -0.3 is 9.73 Å². The Balaban J connectivity index is 1.79. The predicted molar refractivity (Wildman–Crippen MR) is 60.4 cm³/mol. The molecule has 1 aromatic heterocycles. The van der Waals surface area contributed by atoms with Crippen molar-refractivity contribution in [3.8, 4) is 0 Å². The van der Waals surface area contributed by atoms with Gasteiger partial charge in [0.1, 0.15) is 5.76 Å². The van der Waals surface area contributed by atoms with Crippen molar-refractivity contribution in [3.05, 3.63) is 33.8 Å². The lowest BCUT2D eigenvalue weighted by Gasteiger charge is -2.09. The highest BCUT2D eigenvalue weighted by Gasteiger charge is 2.09. The summed E-state index contributed by atoms with van der Waals surface area (Å²) in [6.45, 7) is 0.843. The third-order valence-corrected chi connectivity index (χ3v) is 2.78. The van der Waals surface area contributed by atoms with Crippen LogP contribution in [0.3, 0.4) is 0 Å². The first-order valence-corrected chi connectivity index (χ1v) is 5.55. The number of rotatable bonds is 3. The second-order valence-electron chi connectivity index (χ2n) is 3.23. The number of nitrogens with one attached hydrogen (secondary N) is 1. The number of hydrogen-bond acceptors (Lipinski definition) is 2. The zero-order valence-electron chi connectivity index (χ0n) is 7.29. The monoisotopic (exact) mass is 289 g/mol. The molecule has 1 N–H and O–H groups in total. The summed E-state index contributed by atoms with van der Waals surface area (Å²) in [5.41, 5.74) is 0. The highest BCUT2D eigenvalue weighted by Crippen LogP contribution is 2.12. The summed E-state index contributed by atoms with van der Waals surface area (Å²) < 4.78 is 6.40. The zero-order valence-corrected chi connectivity index (χ0v) is 9.45. The standard InChI is InChI=1S/C10H12INO/c11-10-6-5-9(13-10)7-12-8-3-1-2-4-8/h1-2,5-6,8,12H,3-4,7H2. The van der Waals surface area contributed by atoms with Gasteiger partial charge in [0.2, 0.25) is 0 Å². The molecule has 13 heavy (non-hydrogen) atoms. The average molecular weight is 289 g/mol. The predicted octanol–water partition coefficient (Wildman–Crippen LogP) is 2.69. The number of hydrogen-bond donors (Lipinski definition) is 1. The van der Waals surface area contributed by atoms with E-state index >= 15 is 0 Å². The van der Waals surface area contributed by atoms with Crippen LogP contribution in [0, 0.1) is 3.77 Å². The smallest absolute Gasteiger partial charge is 0.164 e. The maximum absolute atomic E-state index is 5.45. The van der Waals surface area contributed by atoms with E-state index in [4.69, 9.17) is 4.42 Å². The van der Waals surface area contributed by atoms with E-state index in [2.05, 4.69) is 40.1 Å². The molecule has 0 atom stereocenters. The van der Waals surface area contributed by atoms with Gasteiger partial charge >= 0.3 is 0 Å². The molecule has 3 heteroatoms. The van der Waals surface area contributed by atoms with E-state index in [0.717, 1.165) is 28.9 Å². The van der Waals surface area contributed by atoms with Crippen molar-refractivity contribution in [1.29, 1.82) is 0 Å². The zero-order chi connectivity index (χ0) is 9.10. The molecule has 0 aliphatic heterocycles. The Kier molecular flexibility index (Phi) is 3.05. The van der Waals surface area contributed by atoms with Gasteiger partial charge in [-0.2, -0.15) is 0 Å². The van der Waals surface area contributed by atoms with Gasteiger partial charge in [0.25, 0.3) is 0 Å². The quantitative estimate of drug-likeness (QED) is 0.683. The highest BCUT2D eigenvalue weighted by atomic mass is 127. The maximum atomic E-state index is 5.45. The van der Waals surface area contributed by atoms with Crippen LogP contribution in [0.15, 0.2) is 28.7 Å². The lowest BCUT2D eigenvalue weighted by atomic mass is 10.2. The molecular weight excluding hydrogens is 277 g/mol. The molecule has 1 aromatic rings. The Labute approximate surface area is 91.5 Å². The molecule has 0 aromatic carbocycles. The summed E-state index contributed by atoms with van der Waals surface area (Å²) >= 11 is 2.18. The second kappa shape index (κ2) is 4.28. The van der Waals surface area contributed by atoms with Crippen molar-refractivity contribution in [2.45, 2.75) is 25.4 Å². The summed E-state index contributed by atoms with van der Waals surface area (Å²) in [5, 5.41) is 3.45. The van der Waals surface area contributed by atoms with Crippen LogP contribution in [0.2, 0.25) is 0 Å². The normalized spacial score (nSPS) is 17.0. The maximum Gasteiger partial charge on any atom is 0.164 e. The summed E-state index contributed by atoms with van der Waals surface area (Å²) in [6.07, 6.45) is 6.75. The molecule has 2 nitrogen and oxygen atoms in total. The third-order valence-electron chi connectivity index (χ3n) is 2.20. The van der Waals surface area contributed by atoms with Crippen LogP contribution in [0.4, 0.5) is 0 Å². The largest absolute Gasteiger partial charge is 0.454 e. The summed E-state index contributed by atoms with van der Waals surface area (Å²) in [5.74, 6) is 1.02. The van der Waals surface area contributed by atoms with Crippen molar-refractivity contribution in [1.82, 2.24) is 5.32 Å². The Morgan fingerprint density at radius 1 is 1.38 bits per heavy atom. The van der Waals surface area contributed by atoms with Gasteiger partial charge in [0.05, 0.1) is 6.54 Å². The van der Waals surface area contributed by atoms with Gasteiger partial charge in [-0.3, -0.25) is 0 Å². The molecule has 0 radical (unpaired) electrons. The van der Waals surface area contributed by atoms with Crippen LogP contribution in [-0.4, -0.2) is 6.04 Å². The summed E-state index contributed by atoms with van der Waals surface area (Å²) in [7, 11) is 0. The summed E-state index contributed by atoms with van der Waals surface area (Å²) in [4.78, 5) is 0. The van der Waals surface area contributed by atoms with Crippen molar-refractivity contribution in [3.63, 3.8) is 0 Å².